The van der Waals surface area contributed by atoms with E-state index in [9.17, 15) is 0 Å². The number of para-hydroxylation sites is 2. The molecule has 2 aromatic heterocycles. The van der Waals surface area contributed by atoms with E-state index in [0.717, 1.165) is 56.6 Å². The molecular formula is C76H54N4. The molecule has 0 unspecified atom stereocenters. The highest BCUT2D eigenvalue weighted by Gasteiger charge is 2.21. The minimum atomic E-state index is 1.09. The molecule has 0 atom stereocenters. The largest absolute Gasteiger partial charge is 0.310 e. The Balaban J connectivity index is 0.757. The van der Waals surface area contributed by atoms with E-state index in [1.54, 1.807) is 0 Å². The van der Waals surface area contributed by atoms with Gasteiger partial charge in [0.05, 0.1) is 22.1 Å². The number of rotatable bonds is 10. The maximum atomic E-state index is 2.39. The highest BCUT2D eigenvalue weighted by molar-refractivity contribution is 6.12. The monoisotopic (exact) mass is 1020 g/mol. The number of nitrogens with zero attached hydrogens (tertiary/aromatic N) is 4. The Labute approximate surface area is 465 Å². The number of anilines is 6. The van der Waals surface area contributed by atoms with Crippen molar-refractivity contribution < 1.29 is 0 Å². The molecule has 0 N–H and O–H groups in total. The average Bonchev–Trinajstić information content (AvgIpc) is 4.15. The minimum absolute atomic E-state index is 1.09. The zero-order valence-electron chi connectivity index (χ0n) is 44.5. The lowest BCUT2D eigenvalue weighted by molar-refractivity contribution is 1.17. The lowest BCUT2D eigenvalue weighted by Gasteiger charge is -2.26. The van der Waals surface area contributed by atoms with Crippen LogP contribution in [0.15, 0.2) is 291 Å². The van der Waals surface area contributed by atoms with Crippen molar-refractivity contribution in [3.05, 3.63) is 302 Å². The fraction of sp³-hybridized carbons (Fsp3) is 0.0263. The van der Waals surface area contributed by atoms with Gasteiger partial charge in [-0.1, -0.05) is 181 Å². The van der Waals surface area contributed by atoms with Gasteiger partial charge in [0.1, 0.15) is 0 Å². The van der Waals surface area contributed by atoms with Crippen LogP contribution in [-0.2, 0) is 0 Å². The first-order valence-corrected chi connectivity index (χ1v) is 27.6. The van der Waals surface area contributed by atoms with Gasteiger partial charge in [0.25, 0.3) is 0 Å². The lowest BCUT2D eigenvalue weighted by atomic mass is 9.99. The first-order chi connectivity index (χ1) is 39.5. The van der Waals surface area contributed by atoms with Gasteiger partial charge in [-0.25, -0.2) is 0 Å². The molecule has 0 radical (unpaired) electrons. The first kappa shape index (κ1) is 46.8. The van der Waals surface area contributed by atoms with Crippen molar-refractivity contribution in [3.8, 4) is 33.6 Å². The van der Waals surface area contributed by atoms with Crippen LogP contribution in [0.1, 0.15) is 11.1 Å². The van der Waals surface area contributed by atoms with E-state index < -0.39 is 0 Å². The molecule has 0 bridgehead atoms. The molecule has 0 saturated heterocycles. The number of benzene rings is 13. The molecule has 0 fully saturated rings. The summed E-state index contributed by atoms with van der Waals surface area (Å²) < 4.78 is 4.78. The fourth-order valence-electron chi connectivity index (χ4n) is 12.1. The fourth-order valence-corrected chi connectivity index (χ4v) is 12.1. The summed E-state index contributed by atoms with van der Waals surface area (Å²) in [6.07, 6.45) is 0. The molecule has 0 amide bonds. The van der Waals surface area contributed by atoms with Gasteiger partial charge in [-0.3, -0.25) is 0 Å². The number of hydrogen-bond donors (Lipinski definition) is 0. The van der Waals surface area contributed by atoms with Gasteiger partial charge < -0.3 is 18.9 Å². The second-order valence-electron chi connectivity index (χ2n) is 21.2. The molecule has 0 saturated carbocycles. The molecule has 15 aromatic rings. The standard InChI is InChI=1S/C76H54N4/c1-51-19-33-63(34-20-51)79-73-17-9-7-15-69(73)71-49-67(43-45-75(71)79)77(65-41-31-53-11-3-5-13-59(53)47-65)61-37-27-57(28-38-61)55-23-25-56(26-24-55)58-29-39-62(40-30-58)78(66-42-32-54-12-4-6-14-60(54)48-66)68-44-46-76-72(50-68)70-16-8-10-18-74(70)80(76)64-35-21-52(2)22-36-64/h3-50H,1-2H3. The number of fused-ring (bicyclic) bond motifs is 8. The molecule has 378 valence electrons. The smallest absolute Gasteiger partial charge is 0.0542 e. The van der Waals surface area contributed by atoms with Crippen LogP contribution in [0.2, 0.25) is 0 Å². The van der Waals surface area contributed by atoms with E-state index in [2.05, 4.69) is 324 Å². The summed E-state index contributed by atoms with van der Waals surface area (Å²) in [6, 6.07) is 107. The summed E-state index contributed by atoms with van der Waals surface area (Å²) in [4.78, 5) is 4.79. The van der Waals surface area contributed by atoms with E-state index in [4.69, 9.17) is 0 Å². The van der Waals surface area contributed by atoms with Crippen LogP contribution in [0.4, 0.5) is 34.1 Å². The number of aryl methyl sites for hydroxylation is 2. The molecule has 15 rings (SSSR count). The topological polar surface area (TPSA) is 16.3 Å². The summed E-state index contributed by atoms with van der Waals surface area (Å²) in [5.41, 5.74) is 20.8. The predicted octanol–water partition coefficient (Wildman–Crippen LogP) is 21.1. The van der Waals surface area contributed by atoms with Crippen molar-refractivity contribution in [1.29, 1.82) is 0 Å². The van der Waals surface area contributed by atoms with Crippen LogP contribution < -0.4 is 9.80 Å². The zero-order chi connectivity index (χ0) is 53.3. The van der Waals surface area contributed by atoms with Gasteiger partial charge >= 0.3 is 0 Å². The molecule has 13 aromatic carbocycles. The average molecular weight is 1020 g/mol. The van der Waals surface area contributed by atoms with Gasteiger partial charge in [-0.05, 0) is 179 Å². The third-order valence-corrected chi connectivity index (χ3v) is 16.2. The predicted molar refractivity (Wildman–Crippen MR) is 340 cm³/mol. The Bertz CT molecular complexity index is 4510. The Hall–Kier alpha value is -10.4. The number of hydrogen-bond acceptors (Lipinski definition) is 2. The second kappa shape index (κ2) is 19.2. The van der Waals surface area contributed by atoms with Gasteiger partial charge in [-0.2, -0.15) is 0 Å². The van der Waals surface area contributed by atoms with E-state index in [0.29, 0.717) is 0 Å². The minimum Gasteiger partial charge on any atom is -0.310 e. The zero-order valence-corrected chi connectivity index (χ0v) is 44.5. The molecule has 0 aliphatic heterocycles. The lowest BCUT2D eigenvalue weighted by Crippen LogP contribution is -2.10. The second-order valence-corrected chi connectivity index (χ2v) is 21.2. The SMILES string of the molecule is Cc1ccc(-n2c3ccccc3c3cc(N(c4ccc(-c5ccc(-c6ccc(N(c7ccc8ccccc8c7)c7ccc8c(c7)c7ccccc7n8-c7ccc(C)cc7)cc6)cc5)cc4)c4ccc5ccccc5c4)ccc32)cc1. The van der Waals surface area contributed by atoms with Crippen LogP contribution in [0.3, 0.4) is 0 Å². The Morgan fingerprint density at radius 1 is 0.225 bits per heavy atom. The molecular weight excluding hydrogens is 969 g/mol. The third kappa shape index (κ3) is 8.16. The van der Waals surface area contributed by atoms with Crippen LogP contribution in [-0.4, -0.2) is 9.13 Å². The maximum absolute atomic E-state index is 2.39. The van der Waals surface area contributed by atoms with Crippen molar-refractivity contribution in [2.24, 2.45) is 0 Å². The van der Waals surface area contributed by atoms with Gasteiger partial charge in [0.15, 0.2) is 0 Å². The van der Waals surface area contributed by atoms with Crippen molar-refractivity contribution in [2.75, 3.05) is 9.80 Å². The molecule has 0 aliphatic carbocycles. The summed E-state index contributed by atoms with van der Waals surface area (Å²) in [5, 5.41) is 9.75. The molecule has 0 aliphatic rings. The number of aromatic nitrogens is 2. The molecule has 80 heavy (non-hydrogen) atoms. The summed E-state index contributed by atoms with van der Waals surface area (Å²) in [5.74, 6) is 0. The van der Waals surface area contributed by atoms with E-state index in [-0.39, 0.29) is 0 Å². The van der Waals surface area contributed by atoms with Crippen LogP contribution in [0.5, 0.6) is 0 Å². The van der Waals surface area contributed by atoms with E-state index in [1.807, 2.05) is 0 Å². The van der Waals surface area contributed by atoms with Gasteiger partial charge in [0, 0.05) is 67.0 Å². The van der Waals surface area contributed by atoms with E-state index in [1.165, 1.54) is 87.4 Å². The van der Waals surface area contributed by atoms with Gasteiger partial charge in [-0.15, -0.1) is 0 Å². The third-order valence-electron chi connectivity index (χ3n) is 16.2. The highest BCUT2D eigenvalue weighted by atomic mass is 15.1. The molecule has 4 nitrogen and oxygen atoms in total. The summed E-state index contributed by atoms with van der Waals surface area (Å²) in [7, 11) is 0. The highest BCUT2D eigenvalue weighted by Crippen LogP contribution is 2.44. The Morgan fingerprint density at radius 2 is 0.525 bits per heavy atom. The normalized spacial score (nSPS) is 11.6. The van der Waals surface area contributed by atoms with Crippen molar-refractivity contribution in [2.45, 2.75) is 13.8 Å². The van der Waals surface area contributed by atoms with Crippen LogP contribution in [0, 0.1) is 13.8 Å². The maximum Gasteiger partial charge on any atom is 0.0542 e. The van der Waals surface area contributed by atoms with Crippen molar-refractivity contribution >= 4 is 99.3 Å². The Morgan fingerprint density at radius 3 is 0.925 bits per heavy atom. The van der Waals surface area contributed by atoms with E-state index >= 15 is 0 Å². The van der Waals surface area contributed by atoms with Gasteiger partial charge in [0.2, 0.25) is 0 Å². The molecule has 4 heteroatoms. The summed E-state index contributed by atoms with van der Waals surface area (Å²) in [6.45, 7) is 4.28. The van der Waals surface area contributed by atoms with Crippen LogP contribution in [0.25, 0.3) is 98.8 Å². The molecule has 2 heterocycles. The quantitative estimate of drug-likeness (QED) is 0.136. The molecule has 0 spiro atoms. The Kier molecular flexibility index (Phi) is 11.3. The first-order valence-electron chi connectivity index (χ1n) is 27.6. The summed E-state index contributed by atoms with van der Waals surface area (Å²) >= 11 is 0. The van der Waals surface area contributed by atoms with Crippen molar-refractivity contribution in [3.63, 3.8) is 0 Å². The van der Waals surface area contributed by atoms with Crippen molar-refractivity contribution in [1.82, 2.24) is 9.13 Å². The van der Waals surface area contributed by atoms with Crippen LogP contribution >= 0.6 is 0 Å².